The third-order valence-corrected chi connectivity index (χ3v) is 6.39. The maximum Gasteiger partial charge on any atom is 0.417 e. The second-order valence-corrected chi connectivity index (χ2v) is 9.67. The summed E-state index contributed by atoms with van der Waals surface area (Å²) in [4.78, 5) is 12.4. The molecule has 3 aromatic rings. The maximum absolute atomic E-state index is 13.0. The molecule has 31 heavy (non-hydrogen) atoms. The Kier molecular flexibility index (Phi) is 5.48. The lowest BCUT2D eigenvalue weighted by Gasteiger charge is -2.21. The van der Waals surface area contributed by atoms with Crippen LogP contribution in [0.1, 0.15) is 26.3 Å². The minimum absolute atomic E-state index is 0.00171. The van der Waals surface area contributed by atoms with E-state index in [9.17, 15) is 17.4 Å². The van der Waals surface area contributed by atoms with Gasteiger partial charge in [0.1, 0.15) is 17.0 Å². The van der Waals surface area contributed by atoms with E-state index < -0.39 is 27.1 Å². The van der Waals surface area contributed by atoms with Crippen LogP contribution in [0.3, 0.4) is 0 Å². The lowest BCUT2D eigenvalue weighted by Crippen LogP contribution is -2.25. The van der Waals surface area contributed by atoms with Gasteiger partial charge < -0.3 is 9.30 Å². The van der Waals surface area contributed by atoms with Crippen LogP contribution in [0.15, 0.2) is 29.4 Å². The number of nitrogens with one attached hydrogen (secondary N) is 1. The van der Waals surface area contributed by atoms with E-state index in [1.54, 1.807) is 27.8 Å². The first-order valence-electron chi connectivity index (χ1n) is 9.12. The fraction of sp³-hybridized carbons (Fsp3) is 0.350. The average Bonchev–Trinajstić information content (AvgIpc) is 3.03. The second kappa shape index (κ2) is 7.53. The van der Waals surface area contributed by atoms with Crippen LogP contribution >= 0.6 is 0 Å². The van der Waals surface area contributed by atoms with Gasteiger partial charge in [0.05, 0.1) is 26.4 Å². The van der Waals surface area contributed by atoms with E-state index in [1.165, 1.54) is 16.8 Å². The van der Waals surface area contributed by atoms with Gasteiger partial charge >= 0.3 is 6.18 Å². The largest absolute Gasteiger partial charge is 0.474 e. The van der Waals surface area contributed by atoms with E-state index >= 15 is 0 Å². The van der Waals surface area contributed by atoms with Crippen molar-refractivity contribution in [2.24, 2.45) is 7.05 Å². The zero-order valence-electron chi connectivity index (χ0n) is 17.2. The van der Waals surface area contributed by atoms with Crippen LogP contribution in [0, 0.1) is 17.1 Å². The van der Waals surface area contributed by atoms with E-state index in [1.807, 2.05) is 0 Å². The summed E-state index contributed by atoms with van der Waals surface area (Å²) in [6.45, 7) is 4.91. The summed E-state index contributed by atoms with van der Waals surface area (Å²) >= 11 is 0. The molecule has 11 heteroatoms. The zero-order valence-corrected chi connectivity index (χ0v) is 18.1. The molecule has 1 unspecified atom stereocenters. The highest BCUT2D eigenvalue weighted by atomic mass is 32.2. The number of imidazole rings is 1. The molecule has 0 saturated carbocycles. The molecular weight excluding hydrogens is 431 g/mol. The Morgan fingerprint density at radius 2 is 1.94 bits per heavy atom. The number of rotatable bonds is 5. The first kappa shape index (κ1) is 22.6. The van der Waals surface area contributed by atoms with Crippen LogP contribution in [-0.2, 0) is 23.0 Å². The van der Waals surface area contributed by atoms with E-state index in [0.717, 1.165) is 12.3 Å². The molecular formula is C20H20F3N5O2S. The van der Waals surface area contributed by atoms with Crippen LogP contribution in [0.2, 0.25) is 0 Å². The monoisotopic (exact) mass is 451 g/mol. The fourth-order valence-corrected chi connectivity index (χ4v) is 3.90. The SMILES string of the molecule is C#CC(C)(C)Oc1cnc(-c2nc3cc(C(F)(F)F)cnc3n2C)c(S(=N)(=O)CC)c1. The molecule has 3 rings (SSSR count). The lowest BCUT2D eigenvalue weighted by molar-refractivity contribution is -0.137. The van der Waals surface area contributed by atoms with Crippen LogP contribution in [-0.4, -0.2) is 35.1 Å². The first-order valence-corrected chi connectivity index (χ1v) is 10.8. The van der Waals surface area contributed by atoms with Gasteiger partial charge in [-0.15, -0.1) is 6.42 Å². The highest BCUT2D eigenvalue weighted by Crippen LogP contribution is 2.34. The van der Waals surface area contributed by atoms with Gasteiger partial charge in [0.2, 0.25) is 0 Å². The molecule has 3 heterocycles. The number of nitrogens with zero attached hydrogens (tertiary/aromatic N) is 4. The molecule has 1 atom stereocenters. The standard InChI is InChI=1S/C20H20F3N5O2S/c1-6-19(3,4)30-13-9-15(31(24,29)7-2)16(25-11-13)18-27-14-8-12(20(21,22)23)10-26-17(14)28(18)5/h1,8-11,24H,7H2,2-5H3. The summed E-state index contributed by atoms with van der Waals surface area (Å²) in [5.74, 6) is 2.80. The smallest absolute Gasteiger partial charge is 0.417 e. The van der Waals surface area contributed by atoms with E-state index in [2.05, 4.69) is 20.9 Å². The Morgan fingerprint density at radius 3 is 2.52 bits per heavy atom. The molecule has 0 aliphatic heterocycles. The molecule has 0 aliphatic carbocycles. The number of terminal acetylenes is 1. The van der Waals surface area contributed by atoms with Crippen molar-refractivity contribution in [3.63, 3.8) is 0 Å². The van der Waals surface area contributed by atoms with Crippen LogP contribution in [0.5, 0.6) is 5.75 Å². The van der Waals surface area contributed by atoms with Gasteiger partial charge in [0, 0.05) is 25.1 Å². The Balaban J connectivity index is 2.23. The number of pyridine rings is 2. The summed E-state index contributed by atoms with van der Waals surface area (Å²) in [6, 6.07) is 2.30. The Bertz CT molecular complexity index is 1300. The van der Waals surface area contributed by atoms with Gasteiger partial charge in [-0.05, 0) is 19.9 Å². The molecule has 0 radical (unpaired) electrons. The van der Waals surface area contributed by atoms with Crippen molar-refractivity contribution in [3.8, 4) is 29.6 Å². The van der Waals surface area contributed by atoms with Crippen molar-refractivity contribution < 1.29 is 22.1 Å². The van der Waals surface area contributed by atoms with Crippen molar-refractivity contribution in [2.45, 2.75) is 37.4 Å². The van der Waals surface area contributed by atoms with E-state index in [4.69, 9.17) is 15.9 Å². The van der Waals surface area contributed by atoms with E-state index in [0.29, 0.717) is 0 Å². The minimum atomic E-state index is -4.57. The number of hydrogen-bond donors (Lipinski definition) is 1. The Hall–Kier alpha value is -3.13. The summed E-state index contributed by atoms with van der Waals surface area (Å²) in [6.07, 6.45) is 2.94. The predicted molar refractivity (Wildman–Crippen MR) is 110 cm³/mol. The summed E-state index contributed by atoms with van der Waals surface area (Å²) < 4.78 is 67.5. The van der Waals surface area contributed by atoms with Crippen molar-refractivity contribution >= 4 is 20.9 Å². The van der Waals surface area contributed by atoms with Gasteiger partial charge in [-0.2, -0.15) is 13.2 Å². The molecule has 1 N–H and O–H groups in total. The van der Waals surface area contributed by atoms with Gasteiger partial charge in [0.15, 0.2) is 17.1 Å². The highest BCUT2D eigenvalue weighted by molar-refractivity contribution is 7.92. The third-order valence-electron chi connectivity index (χ3n) is 4.56. The number of alkyl halides is 3. The number of fused-ring (bicyclic) bond motifs is 1. The van der Waals surface area contributed by atoms with Crippen LogP contribution < -0.4 is 4.74 Å². The molecule has 0 saturated heterocycles. The van der Waals surface area contributed by atoms with Crippen molar-refractivity contribution in [1.29, 1.82) is 4.78 Å². The van der Waals surface area contributed by atoms with Gasteiger partial charge in [-0.1, -0.05) is 12.8 Å². The second-order valence-electron chi connectivity index (χ2n) is 7.30. The van der Waals surface area contributed by atoms with Gasteiger partial charge in [0.25, 0.3) is 0 Å². The quantitative estimate of drug-likeness (QED) is 0.585. The number of ether oxygens (including phenoxy) is 1. The Labute approximate surface area is 177 Å². The first-order chi connectivity index (χ1) is 14.3. The maximum atomic E-state index is 13.0. The lowest BCUT2D eigenvalue weighted by atomic mass is 10.1. The molecule has 0 spiro atoms. The number of halogens is 3. The van der Waals surface area contributed by atoms with Crippen molar-refractivity contribution in [2.75, 3.05) is 5.75 Å². The van der Waals surface area contributed by atoms with Crippen molar-refractivity contribution in [3.05, 3.63) is 30.1 Å². The Morgan fingerprint density at radius 1 is 1.26 bits per heavy atom. The van der Waals surface area contributed by atoms with E-state index in [-0.39, 0.29) is 39.1 Å². The average molecular weight is 451 g/mol. The number of aryl methyl sites for hydroxylation is 1. The molecule has 0 fully saturated rings. The summed E-state index contributed by atoms with van der Waals surface area (Å²) in [5.41, 5.74) is -1.61. The van der Waals surface area contributed by atoms with Gasteiger partial charge in [-0.25, -0.2) is 23.9 Å². The van der Waals surface area contributed by atoms with Crippen LogP contribution in [0.4, 0.5) is 13.2 Å². The fourth-order valence-electron chi connectivity index (χ4n) is 2.82. The van der Waals surface area contributed by atoms with Crippen LogP contribution in [0.25, 0.3) is 22.7 Å². The minimum Gasteiger partial charge on any atom is -0.474 e. The molecule has 7 nitrogen and oxygen atoms in total. The zero-order chi connectivity index (χ0) is 23.2. The normalized spacial score (nSPS) is 14.3. The molecule has 164 valence electrons. The molecule has 0 bridgehead atoms. The molecule has 0 amide bonds. The topological polar surface area (TPSA) is 93.8 Å². The predicted octanol–water partition coefficient (Wildman–Crippen LogP) is 4.27. The van der Waals surface area contributed by atoms with Crippen molar-refractivity contribution in [1.82, 2.24) is 19.5 Å². The van der Waals surface area contributed by atoms with Gasteiger partial charge in [-0.3, -0.25) is 0 Å². The molecule has 0 aromatic carbocycles. The summed E-state index contributed by atoms with van der Waals surface area (Å²) in [7, 11) is -1.74. The number of hydrogen-bond acceptors (Lipinski definition) is 6. The highest BCUT2D eigenvalue weighted by Gasteiger charge is 2.32. The summed E-state index contributed by atoms with van der Waals surface area (Å²) in [5, 5.41) is 0. The number of aromatic nitrogens is 4. The molecule has 3 aromatic heterocycles. The molecule has 0 aliphatic rings. The third kappa shape index (κ3) is 4.34.